The molecule has 1 atom stereocenters. The SMILES string of the molecule is CC(C)(C)OC(=O)N1CCCC(CCOc2ncc(B3OC(C)(C)C(C)(C)O3)cn2)C1. The molecular weight excluding hydrogens is 397 g/mol. The first-order valence-corrected chi connectivity index (χ1v) is 11.1. The van der Waals surface area contributed by atoms with Crippen LogP contribution in [0.1, 0.15) is 67.7 Å². The topological polar surface area (TPSA) is 83.0 Å². The number of hydrogen-bond acceptors (Lipinski definition) is 7. The molecule has 2 aliphatic rings. The lowest BCUT2D eigenvalue weighted by Crippen LogP contribution is -2.43. The first-order chi connectivity index (χ1) is 14.4. The van der Waals surface area contributed by atoms with Gasteiger partial charge < -0.3 is 23.7 Å². The van der Waals surface area contributed by atoms with Crippen molar-refractivity contribution in [2.45, 2.75) is 84.5 Å². The van der Waals surface area contributed by atoms with Crippen LogP contribution in [0.3, 0.4) is 0 Å². The van der Waals surface area contributed by atoms with Gasteiger partial charge in [0.15, 0.2) is 0 Å². The molecule has 0 saturated carbocycles. The van der Waals surface area contributed by atoms with Crippen LogP contribution >= 0.6 is 0 Å². The van der Waals surface area contributed by atoms with Crippen LogP contribution in [0, 0.1) is 5.92 Å². The van der Waals surface area contributed by atoms with E-state index in [0.717, 1.165) is 31.3 Å². The van der Waals surface area contributed by atoms with Crippen LogP contribution in [0.2, 0.25) is 0 Å². The molecule has 3 heterocycles. The van der Waals surface area contributed by atoms with E-state index in [2.05, 4.69) is 9.97 Å². The molecule has 1 aromatic heterocycles. The Balaban J connectivity index is 1.45. The molecule has 0 spiro atoms. The summed E-state index contributed by atoms with van der Waals surface area (Å²) < 4.78 is 23.3. The fourth-order valence-corrected chi connectivity index (χ4v) is 3.61. The third-order valence-electron chi connectivity index (χ3n) is 6.10. The fraction of sp³-hybridized carbons (Fsp3) is 0.773. The summed E-state index contributed by atoms with van der Waals surface area (Å²) in [5.74, 6) is 0.380. The largest absolute Gasteiger partial charge is 0.498 e. The zero-order chi connectivity index (χ0) is 22.9. The number of ether oxygens (including phenoxy) is 2. The Kier molecular flexibility index (Phi) is 6.86. The minimum absolute atomic E-state index is 0.236. The summed E-state index contributed by atoms with van der Waals surface area (Å²) in [5, 5.41) is 0. The van der Waals surface area contributed by atoms with Gasteiger partial charge in [0.25, 0.3) is 0 Å². The number of piperidine rings is 1. The van der Waals surface area contributed by atoms with Gasteiger partial charge in [-0.25, -0.2) is 14.8 Å². The molecule has 9 heteroatoms. The van der Waals surface area contributed by atoms with E-state index in [4.69, 9.17) is 18.8 Å². The van der Waals surface area contributed by atoms with E-state index >= 15 is 0 Å². The molecule has 3 rings (SSSR count). The van der Waals surface area contributed by atoms with Gasteiger partial charge >= 0.3 is 19.2 Å². The number of nitrogens with zero attached hydrogens (tertiary/aromatic N) is 3. The van der Waals surface area contributed by atoms with Gasteiger partial charge in [0.2, 0.25) is 0 Å². The first kappa shape index (κ1) is 23.8. The number of hydrogen-bond donors (Lipinski definition) is 0. The minimum Gasteiger partial charge on any atom is -0.463 e. The van der Waals surface area contributed by atoms with E-state index in [9.17, 15) is 4.79 Å². The number of carbonyl (C=O) groups is 1. The highest BCUT2D eigenvalue weighted by atomic mass is 16.7. The van der Waals surface area contributed by atoms with Crippen molar-refractivity contribution >= 4 is 18.7 Å². The molecule has 8 nitrogen and oxygen atoms in total. The molecule has 0 bridgehead atoms. The van der Waals surface area contributed by atoms with Gasteiger partial charge in [0.05, 0.1) is 17.8 Å². The Morgan fingerprint density at radius 1 is 1.19 bits per heavy atom. The normalized spacial score (nSPS) is 23.0. The molecule has 172 valence electrons. The highest BCUT2D eigenvalue weighted by molar-refractivity contribution is 6.61. The molecule has 1 unspecified atom stereocenters. The standard InChI is InChI=1S/C22H36BN3O5/c1-20(2,3)29-19(27)26-11-8-9-16(15-26)10-12-28-18-24-13-17(14-25-18)23-30-21(4,5)22(6,7)31-23/h13-14,16H,8-12,15H2,1-7H3. The summed E-state index contributed by atoms with van der Waals surface area (Å²) in [4.78, 5) is 22.7. The van der Waals surface area contributed by atoms with Crippen LogP contribution in [-0.4, -0.2) is 64.6 Å². The number of likely N-dealkylation sites (tertiary alicyclic amines) is 1. The van der Waals surface area contributed by atoms with E-state index in [1.54, 1.807) is 17.3 Å². The molecule has 1 aromatic rings. The van der Waals surface area contributed by atoms with Gasteiger partial charge in [-0.3, -0.25) is 0 Å². The van der Waals surface area contributed by atoms with Crippen LogP contribution in [0.5, 0.6) is 6.01 Å². The molecule has 0 aliphatic carbocycles. The summed E-state index contributed by atoms with van der Waals surface area (Å²) in [7, 11) is -0.486. The van der Waals surface area contributed by atoms with Gasteiger partial charge in [-0.05, 0) is 73.6 Å². The highest BCUT2D eigenvalue weighted by Crippen LogP contribution is 2.36. The first-order valence-electron chi connectivity index (χ1n) is 11.1. The van der Waals surface area contributed by atoms with Crippen molar-refractivity contribution in [3.8, 4) is 6.01 Å². The van der Waals surface area contributed by atoms with Crippen molar-refractivity contribution in [3.63, 3.8) is 0 Å². The molecular formula is C22H36BN3O5. The van der Waals surface area contributed by atoms with Crippen molar-refractivity contribution in [3.05, 3.63) is 12.4 Å². The van der Waals surface area contributed by atoms with Gasteiger partial charge in [0, 0.05) is 30.9 Å². The van der Waals surface area contributed by atoms with Crippen LogP contribution < -0.4 is 10.2 Å². The maximum Gasteiger partial charge on any atom is 0.498 e. The van der Waals surface area contributed by atoms with Crippen LogP contribution in [0.4, 0.5) is 4.79 Å². The second-order valence-corrected chi connectivity index (χ2v) is 10.5. The smallest absolute Gasteiger partial charge is 0.463 e. The van der Waals surface area contributed by atoms with E-state index in [1.807, 2.05) is 48.5 Å². The summed E-state index contributed by atoms with van der Waals surface area (Å²) in [6.45, 7) is 15.7. The third-order valence-corrected chi connectivity index (χ3v) is 6.10. The average Bonchev–Trinajstić information content (AvgIpc) is 2.88. The summed E-state index contributed by atoms with van der Waals surface area (Å²) in [6.07, 6.45) is 6.03. The molecule has 1 amide bonds. The third kappa shape index (κ3) is 6.10. The van der Waals surface area contributed by atoms with Crippen LogP contribution in [-0.2, 0) is 14.0 Å². The Labute approximate surface area is 186 Å². The number of amides is 1. The fourth-order valence-electron chi connectivity index (χ4n) is 3.61. The Morgan fingerprint density at radius 3 is 2.39 bits per heavy atom. The van der Waals surface area contributed by atoms with E-state index in [1.165, 1.54) is 0 Å². The van der Waals surface area contributed by atoms with E-state index < -0.39 is 23.9 Å². The zero-order valence-electron chi connectivity index (χ0n) is 19.9. The lowest BCUT2D eigenvalue weighted by Gasteiger charge is -2.34. The monoisotopic (exact) mass is 433 g/mol. The lowest BCUT2D eigenvalue weighted by atomic mass is 9.81. The lowest BCUT2D eigenvalue weighted by molar-refractivity contribution is 0.00578. The van der Waals surface area contributed by atoms with Crippen LogP contribution in [0.25, 0.3) is 0 Å². The zero-order valence-corrected chi connectivity index (χ0v) is 19.9. The maximum absolute atomic E-state index is 12.3. The second-order valence-electron chi connectivity index (χ2n) is 10.5. The predicted octanol–water partition coefficient (Wildman–Crippen LogP) is 3.19. The molecule has 0 aromatic carbocycles. The predicted molar refractivity (Wildman–Crippen MR) is 118 cm³/mol. The minimum atomic E-state index is -0.486. The van der Waals surface area contributed by atoms with Crippen molar-refractivity contribution in [2.24, 2.45) is 5.92 Å². The Hall–Kier alpha value is -1.87. The maximum atomic E-state index is 12.3. The quantitative estimate of drug-likeness (QED) is 0.660. The van der Waals surface area contributed by atoms with Crippen molar-refractivity contribution in [1.29, 1.82) is 0 Å². The van der Waals surface area contributed by atoms with E-state index in [0.29, 0.717) is 25.1 Å². The van der Waals surface area contributed by atoms with Crippen molar-refractivity contribution in [2.75, 3.05) is 19.7 Å². The molecule has 2 saturated heterocycles. The Bertz CT molecular complexity index is 747. The van der Waals surface area contributed by atoms with Gasteiger partial charge in [-0.1, -0.05) is 0 Å². The summed E-state index contributed by atoms with van der Waals surface area (Å²) >= 11 is 0. The van der Waals surface area contributed by atoms with Gasteiger partial charge in [-0.2, -0.15) is 0 Å². The van der Waals surface area contributed by atoms with Crippen LogP contribution in [0.15, 0.2) is 12.4 Å². The van der Waals surface area contributed by atoms with Gasteiger partial charge in [0.1, 0.15) is 5.60 Å². The molecule has 2 fully saturated rings. The molecule has 0 N–H and O–H groups in total. The van der Waals surface area contributed by atoms with E-state index in [-0.39, 0.29) is 6.09 Å². The number of aromatic nitrogens is 2. The van der Waals surface area contributed by atoms with Gasteiger partial charge in [-0.15, -0.1) is 0 Å². The molecule has 0 radical (unpaired) electrons. The number of carbonyl (C=O) groups excluding carboxylic acids is 1. The Morgan fingerprint density at radius 2 is 1.81 bits per heavy atom. The average molecular weight is 433 g/mol. The van der Waals surface area contributed by atoms with Crippen molar-refractivity contribution < 1.29 is 23.6 Å². The highest BCUT2D eigenvalue weighted by Gasteiger charge is 2.52. The summed E-state index contributed by atoms with van der Waals surface area (Å²) in [5.41, 5.74) is -0.511. The van der Waals surface area contributed by atoms with Crippen molar-refractivity contribution in [1.82, 2.24) is 14.9 Å². The molecule has 31 heavy (non-hydrogen) atoms. The number of rotatable bonds is 5. The second kappa shape index (κ2) is 8.94. The summed E-state index contributed by atoms with van der Waals surface area (Å²) in [6, 6.07) is 0.333. The molecule has 2 aliphatic heterocycles.